The largest absolute Gasteiger partial charge is 0.494 e. The van der Waals surface area contributed by atoms with E-state index in [9.17, 15) is 0 Å². The Morgan fingerprint density at radius 2 is 2.00 bits per heavy atom. The second kappa shape index (κ2) is 7.65. The van der Waals surface area contributed by atoms with Crippen LogP contribution in [0.3, 0.4) is 0 Å². The molecule has 1 aliphatic heterocycles. The van der Waals surface area contributed by atoms with Crippen LogP contribution < -0.4 is 10.5 Å². The molecule has 1 aliphatic rings. The number of hydrogen-bond acceptors (Lipinski definition) is 3. The minimum absolute atomic E-state index is 0.413. The van der Waals surface area contributed by atoms with E-state index in [1.54, 1.807) is 0 Å². The number of benzene rings is 1. The first-order valence-corrected chi connectivity index (χ1v) is 7.99. The van der Waals surface area contributed by atoms with E-state index in [0.717, 1.165) is 25.1 Å². The van der Waals surface area contributed by atoms with Gasteiger partial charge in [-0.25, -0.2) is 0 Å². The van der Waals surface area contributed by atoms with Crippen LogP contribution in [0.15, 0.2) is 18.2 Å². The third kappa shape index (κ3) is 3.53. The number of nitrogens with two attached hydrogens (primary N) is 1. The van der Waals surface area contributed by atoms with Crippen LogP contribution in [0.2, 0.25) is 0 Å². The minimum atomic E-state index is 0.413. The lowest BCUT2D eigenvalue weighted by Crippen LogP contribution is -2.28. The van der Waals surface area contributed by atoms with E-state index in [2.05, 4.69) is 30.0 Å². The number of nitrogens with zero attached hydrogens (tertiary/aromatic N) is 1. The Morgan fingerprint density at radius 3 is 2.60 bits per heavy atom. The van der Waals surface area contributed by atoms with Gasteiger partial charge in [0.2, 0.25) is 0 Å². The molecule has 1 atom stereocenters. The second-order valence-electron chi connectivity index (χ2n) is 5.49. The molecule has 1 heterocycles. The summed E-state index contributed by atoms with van der Waals surface area (Å²) in [7, 11) is 0. The summed E-state index contributed by atoms with van der Waals surface area (Å²) in [6, 6.07) is 7.05. The molecular formula is C17H28N2O. The number of aryl methyl sites for hydroxylation is 1. The van der Waals surface area contributed by atoms with E-state index in [1.165, 1.54) is 37.1 Å². The Balaban J connectivity index is 2.32. The predicted molar refractivity (Wildman–Crippen MR) is 84.2 cm³/mol. The lowest BCUT2D eigenvalue weighted by molar-refractivity contribution is 0.227. The number of rotatable bonds is 7. The molecule has 1 aromatic carbocycles. The van der Waals surface area contributed by atoms with Gasteiger partial charge in [-0.05, 0) is 63.9 Å². The zero-order valence-electron chi connectivity index (χ0n) is 12.9. The Labute approximate surface area is 123 Å². The molecule has 1 saturated heterocycles. The van der Waals surface area contributed by atoms with Crippen molar-refractivity contribution in [2.75, 3.05) is 26.2 Å². The van der Waals surface area contributed by atoms with Crippen LogP contribution in [-0.4, -0.2) is 31.1 Å². The molecule has 0 saturated carbocycles. The lowest BCUT2D eigenvalue weighted by Gasteiger charge is -2.29. The van der Waals surface area contributed by atoms with Crippen LogP contribution in [-0.2, 0) is 6.42 Å². The molecule has 0 bridgehead atoms. The zero-order chi connectivity index (χ0) is 14.4. The first-order chi connectivity index (χ1) is 9.80. The first-order valence-electron chi connectivity index (χ1n) is 7.99. The van der Waals surface area contributed by atoms with Crippen molar-refractivity contribution in [2.24, 2.45) is 5.73 Å². The standard InChI is InChI=1S/C17H28N2O/c1-3-14-7-8-17(20-4-2)15(13-14)16(9-10-18)19-11-5-6-12-19/h7-8,13,16H,3-6,9-12,18H2,1-2H3. The Hall–Kier alpha value is -1.06. The summed E-state index contributed by atoms with van der Waals surface area (Å²) >= 11 is 0. The molecule has 1 fully saturated rings. The van der Waals surface area contributed by atoms with Crippen molar-refractivity contribution in [3.05, 3.63) is 29.3 Å². The van der Waals surface area contributed by atoms with E-state index >= 15 is 0 Å². The third-order valence-corrected chi connectivity index (χ3v) is 4.16. The van der Waals surface area contributed by atoms with Gasteiger partial charge in [0.15, 0.2) is 0 Å². The average Bonchev–Trinajstić information content (AvgIpc) is 2.99. The SMILES string of the molecule is CCOc1ccc(CC)cc1C(CCN)N1CCCC1. The van der Waals surface area contributed by atoms with Crippen LogP contribution in [0.4, 0.5) is 0 Å². The van der Waals surface area contributed by atoms with Crippen molar-refractivity contribution in [3.8, 4) is 5.75 Å². The van der Waals surface area contributed by atoms with Crippen LogP contribution >= 0.6 is 0 Å². The van der Waals surface area contributed by atoms with E-state index in [4.69, 9.17) is 10.5 Å². The summed E-state index contributed by atoms with van der Waals surface area (Å²) in [5, 5.41) is 0. The highest BCUT2D eigenvalue weighted by Gasteiger charge is 2.25. The lowest BCUT2D eigenvalue weighted by atomic mass is 9.98. The molecular weight excluding hydrogens is 248 g/mol. The number of ether oxygens (including phenoxy) is 1. The quantitative estimate of drug-likeness (QED) is 0.831. The molecule has 0 aliphatic carbocycles. The monoisotopic (exact) mass is 276 g/mol. The maximum atomic E-state index is 5.86. The third-order valence-electron chi connectivity index (χ3n) is 4.16. The molecule has 20 heavy (non-hydrogen) atoms. The van der Waals surface area contributed by atoms with Crippen molar-refractivity contribution >= 4 is 0 Å². The summed E-state index contributed by atoms with van der Waals surface area (Å²) in [5.41, 5.74) is 8.57. The van der Waals surface area contributed by atoms with Gasteiger partial charge in [0.25, 0.3) is 0 Å². The highest BCUT2D eigenvalue weighted by atomic mass is 16.5. The molecule has 0 spiro atoms. The topological polar surface area (TPSA) is 38.5 Å². The van der Waals surface area contributed by atoms with Gasteiger partial charge >= 0.3 is 0 Å². The van der Waals surface area contributed by atoms with Gasteiger partial charge in [-0.2, -0.15) is 0 Å². The van der Waals surface area contributed by atoms with E-state index in [-0.39, 0.29) is 0 Å². The van der Waals surface area contributed by atoms with Crippen LogP contribution in [0.5, 0.6) is 5.75 Å². The van der Waals surface area contributed by atoms with Gasteiger partial charge in [0.05, 0.1) is 6.61 Å². The van der Waals surface area contributed by atoms with Crippen molar-refractivity contribution < 1.29 is 4.74 Å². The van der Waals surface area contributed by atoms with Gasteiger partial charge < -0.3 is 10.5 Å². The Kier molecular flexibility index (Phi) is 5.86. The minimum Gasteiger partial charge on any atom is -0.494 e. The van der Waals surface area contributed by atoms with Gasteiger partial charge in [-0.15, -0.1) is 0 Å². The molecule has 112 valence electrons. The van der Waals surface area contributed by atoms with E-state index < -0.39 is 0 Å². The molecule has 3 nitrogen and oxygen atoms in total. The molecule has 1 unspecified atom stereocenters. The fourth-order valence-corrected chi connectivity index (χ4v) is 3.11. The summed E-state index contributed by atoms with van der Waals surface area (Å²) in [4.78, 5) is 2.57. The number of likely N-dealkylation sites (tertiary alicyclic amines) is 1. The first kappa shape index (κ1) is 15.3. The van der Waals surface area contributed by atoms with Crippen molar-refractivity contribution in [3.63, 3.8) is 0 Å². The van der Waals surface area contributed by atoms with Gasteiger partial charge in [-0.1, -0.05) is 19.1 Å². The predicted octanol–water partition coefficient (Wildman–Crippen LogP) is 3.13. The maximum Gasteiger partial charge on any atom is 0.124 e. The van der Waals surface area contributed by atoms with Crippen molar-refractivity contribution in [1.29, 1.82) is 0 Å². The van der Waals surface area contributed by atoms with Crippen LogP contribution in [0.1, 0.15) is 50.3 Å². The summed E-state index contributed by atoms with van der Waals surface area (Å²) in [5.74, 6) is 1.04. The fraction of sp³-hybridized carbons (Fsp3) is 0.647. The normalized spacial score (nSPS) is 17.4. The smallest absolute Gasteiger partial charge is 0.124 e. The molecule has 3 heteroatoms. The van der Waals surface area contributed by atoms with Crippen LogP contribution in [0.25, 0.3) is 0 Å². The highest BCUT2D eigenvalue weighted by Crippen LogP contribution is 2.34. The molecule has 2 N–H and O–H groups in total. The van der Waals surface area contributed by atoms with Crippen molar-refractivity contribution in [2.45, 2.75) is 45.6 Å². The molecule has 1 aromatic rings. The fourth-order valence-electron chi connectivity index (χ4n) is 3.11. The van der Waals surface area contributed by atoms with Crippen LogP contribution in [0, 0.1) is 0 Å². The molecule has 2 rings (SSSR count). The van der Waals surface area contributed by atoms with Gasteiger partial charge in [0.1, 0.15) is 5.75 Å². The molecule has 0 amide bonds. The maximum absolute atomic E-state index is 5.86. The second-order valence-corrected chi connectivity index (χ2v) is 5.49. The Bertz CT molecular complexity index is 413. The number of hydrogen-bond donors (Lipinski definition) is 1. The van der Waals surface area contributed by atoms with Gasteiger partial charge in [0, 0.05) is 11.6 Å². The zero-order valence-corrected chi connectivity index (χ0v) is 12.9. The van der Waals surface area contributed by atoms with E-state index in [1.807, 2.05) is 6.92 Å². The van der Waals surface area contributed by atoms with Crippen molar-refractivity contribution in [1.82, 2.24) is 4.90 Å². The molecule has 0 radical (unpaired) electrons. The van der Waals surface area contributed by atoms with E-state index in [0.29, 0.717) is 12.6 Å². The summed E-state index contributed by atoms with van der Waals surface area (Å²) in [6.45, 7) is 8.06. The highest BCUT2D eigenvalue weighted by molar-refractivity contribution is 5.40. The average molecular weight is 276 g/mol. The van der Waals surface area contributed by atoms with Gasteiger partial charge in [-0.3, -0.25) is 4.90 Å². The summed E-state index contributed by atoms with van der Waals surface area (Å²) in [6.07, 6.45) is 4.68. The Morgan fingerprint density at radius 1 is 1.25 bits per heavy atom. The summed E-state index contributed by atoms with van der Waals surface area (Å²) < 4.78 is 5.86. The molecule has 0 aromatic heterocycles.